The molecule has 2 aromatic carbocycles. The number of hydrogen-bond acceptors (Lipinski definition) is 5. The molecule has 2 aromatic rings. The first-order valence-electron chi connectivity index (χ1n) is 10.4. The zero-order chi connectivity index (χ0) is 22.6. The third-order valence-electron chi connectivity index (χ3n) is 5.80. The number of para-hydroxylation sites is 1. The van der Waals surface area contributed by atoms with E-state index in [1.165, 1.54) is 24.6 Å². The molecule has 7 nitrogen and oxygen atoms in total. The van der Waals surface area contributed by atoms with Gasteiger partial charge in [0.25, 0.3) is 0 Å². The number of ether oxygens (including phenoxy) is 2. The monoisotopic (exact) mass is 446 g/mol. The molecule has 8 heteroatoms. The van der Waals surface area contributed by atoms with Crippen molar-refractivity contribution in [2.24, 2.45) is 5.92 Å². The summed E-state index contributed by atoms with van der Waals surface area (Å²) in [4.78, 5) is 13.0. The molecule has 0 aromatic heterocycles. The van der Waals surface area contributed by atoms with Crippen molar-refractivity contribution in [1.82, 2.24) is 4.31 Å². The number of amides is 1. The normalized spacial score (nSPS) is 15.5. The van der Waals surface area contributed by atoms with Crippen LogP contribution in [0.3, 0.4) is 0 Å². The summed E-state index contributed by atoms with van der Waals surface area (Å²) in [6, 6.07) is 10.7. The topological polar surface area (TPSA) is 84.9 Å². The summed E-state index contributed by atoms with van der Waals surface area (Å²) in [6.07, 6.45) is 1.76. The number of hydrogen-bond donors (Lipinski definition) is 1. The van der Waals surface area contributed by atoms with Gasteiger partial charge in [0, 0.05) is 30.8 Å². The van der Waals surface area contributed by atoms with E-state index in [0.717, 1.165) is 23.2 Å². The molecule has 1 aliphatic heterocycles. The van der Waals surface area contributed by atoms with Crippen molar-refractivity contribution < 1.29 is 22.7 Å². The van der Waals surface area contributed by atoms with Crippen LogP contribution >= 0.6 is 0 Å². The van der Waals surface area contributed by atoms with E-state index in [9.17, 15) is 13.2 Å². The van der Waals surface area contributed by atoms with Gasteiger partial charge in [-0.1, -0.05) is 25.1 Å². The molecular formula is C23H30N2O5S. The summed E-state index contributed by atoms with van der Waals surface area (Å²) in [7, 11) is -0.841. The van der Waals surface area contributed by atoms with Gasteiger partial charge in [-0.3, -0.25) is 4.79 Å². The smallest absolute Gasteiger partial charge is 0.246 e. The van der Waals surface area contributed by atoms with E-state index in [4.69, 9.17) is 9.47 Å². The number of rotatable bonds is 7. The Morgan fingerprint density at radius 2 is 1.84 bits per heavy atom. The quantitative estimate of drug-likeness (QED) is 0.702. The molecule has 168 valence electrons. The molecule has 1 N–H and O–H groups in total. The van der Waals surface area contributed by atoms with Crippen molar-refractivity contribution in [2.45, 2.75) is 38.0 Å². The van der Waals surface area contributed by atoms with Gasteiger partial charge in [0.05, 0.1) is 14.2 Å². The molecule has 0 saturated carbocycles. The van der Waals surface area contributed by atoms with Crippen molar-refractivity contribution in [3.63, 3.8) is 0 Å². The van der Waals surface area contributed by atoms with Crippen molar-refractivity contribution in [1.29, 1.82) is 0 Å². The highest BCUT2D eigenvalue weighted by molar-refractivity contribution is 7.89. The lowest BCUT2D eigenvalue weighted by Gasteiger charge is -2.31. The summed E-state index contributed by atoms with van der Waals surface area (Å²) in [6.45, 7) is 4.58. The molecule has 3 rings (SSSR count). The number of nitrogens with one attached hydrogen (secondary N) is 1. The highest BCUT2D eigenvalue weighted by Gasteiger charge is 2.34. The number of benzene rings is 2. The van der Waals surface area contributed by atoms with E-state index >= 15 is 0 Å². The van der Waals surface area contributed by atoms with E-state index in [-0.39, 0.29) is 35.6 Å². The van der Waals surface area contributed by atoms with Crippen molar-refractivity contribution in [3.8, 4) is 11.5 Å². The standard InChI is InChI=1S/C23H30N2O5S/c1-5-17-8-6-7-16(2)22(17)24-23(26)18-11-13-25(14-12-18)31(27,28)21-15-19(29-3)9-10-20(21)30-4/h6-10,15,18H,5,11-14H2,1-4H3,(H,24,26). The number of anilines is 1. The lowest BCUT2D eigenvalue weighted by molar-refractivity contribution is -0.120. The molecule has 1 aliphatic rings. The second kappa shape index (κ2) is 9.70. The molecule has 0 radical (unpaired) electrons. The van der Waals surface area contributed by atoms with Gasteiger partial charge in [-0.15, -0.1) is 0 Å². The largest absolute Gasteiger partial charge is 0.497 e. The van der Waals surface area contributed by atoms with E-state index in [1.807, 2.05) is 25.1 Å². The van der Waals surface area contributed by atoms with Crippen LogP contribution in [0.4, 0.5) is 5.69 Å². The van der Waals surface area contributed by atoms with Crippen LogP contribution in [0.5, 0.6) is 11.5 Å². The number of piperidine rings is 1. The zero-order valence-corrected chi connectivity index (χ0v) is 19.3. The van der Waals surface area contributed by atoms with Gasteiger partial charge in [0.2, 0.25) is 15.9 Å². The Bertz CT molecular complexity index is 1040. The lowest BCUT2D eigenvalue weighted by Crippen LogP contribution is -2.41. The molecule has 0 atom stereocenters. The van der Waals surface area contributed by atoms with E-state index < -0.39 is 10.0 Å². The molecule has 1 saturated heterocycles. The Kier molecular flexibility index (Phi) is 7.23. The Hall–Kier alpha value is -2.58. The molecule has 0 bridgehead atoms. The Balaban J connectivity index is 1.71. The van der Waals surface area contributed by atoms with E-state index in [1.54, 1.807) is 12.1 Å². The summed E-state index contributed by atoms with van der Waals surface area (Å²) in [5, 5.41) is 3.07. The molecule has 1 heterocycles. The van der Waals surface area contributed by atoms with Gasteiger partial charge in [-0.25, -0.2) is 8.42 Å². The van der Waals surface area contributed by atoms with Crippen LogP contribution in [0.15, 0.2) is 41.3 Å². The predicted molar refractivity (Wildman–Crippen MR) is 120 cm³/mol. The lowest BCUT2D eigenvalue weighted by atomic mass is 9.96. The SMILES string of the molecule is CCc1cccc(C)c1NC(=O)C1CCN(S(=O)(=O)c2cc(OC)ccc2OC)CC1. The fraction of sp³-hybridized carbons (Fsp3) is 0.435. The van der Waals surface area contributed by atoms with Crippen molar-refractivity contribution >= 4 is 21.6 Å². The number of nitrogens with zero attached hydrogens (tertiary/aromatic N) is 1. The minimum Gasteiger partial charge on any atom is -0.497 e. The number of methoxy groups -OCH3 is 2. The third-order valence-corrected chi connectivity index (χ3v) is 7.72. The first kappa shape index (κ1) is 23.1. The van der Waals surface area contributed by atoms with Crippen LogP contribution in [0.1, 0.15) is 30.9 Å². The molecule has 1 fully saturated rings. The maximum Gasteiger partial charge on any atom is 0.246 e. The fourth-order valence-electron chi connectivity index (χ4n) is 3.91. The van der Waals surface area contributed by atoms with Crippen LogP contribution in [0, 0.1) is 12.8 Å². The molecule has 0 unspecified atom stereocenters. The number of aryl methyl sites for hydroxylation is 2. The van der Waals surface area contributed by atoms with E-state index in [2.05, 4.69) is 12.2 Å². The summed E-state index contributed by atoms with van der Waals surface area (Å²) >= 11 is 0. The number of sulfonamides is 1. The van der Waals surface area contributed by atoms with Crippen LogP contribution < -0.4 is 14.8 Å². The maximum atomic E-state index is 13.2. The third kappa shape index (κ3) is 4.85. The number of carbonyl (C=O) groups excluding carboxylic acids is 1. The first-order chi connectivity index (χ1) is 14.8. The van der Waals surface area contributed by atoms with Crippen LogP contribution in [-0.4, -0.2) is 45.9 Å². The van der Waals surface area contributed by atoms with Crippen molar-refractivity contribution in [2.75, 3.05) is 32.6 Å². The summed E-state index contributed by atoms with van der Waals surface area (Å²) in [5.41, 5.74) is 2.99. The zero-order valence-electron chi connectivity index (χ0n) is 18.5. The number of carbonyl (C=O) groups is 1. The highest BCUT2D eigenvalue weighted by Crippen LogP contribution is 2.33. The molecule has 0 spiro atoms. The van der Waals surface area contributed by atoms with Crippen LogP contribution in [0.25, 0.3) is 0 Å². The van der Waals surface area contributed by atoms with Crippen molar-refractivity contribution in [3.05, 3.63) is 47.5 Å². The van der Waals surface area contributed by atoms with Gasteiger partial charge in [-0.05, 0) is 49.4 Å². The molecule has 31 heavy (non-hydrogen) atoms. The van der Waals surface area contributed by atoms with Gasteiger partial charge in [0.15, 0.2) is 0 Å². The highest BCUT2D eigenvalue weighted by atomic mass is 32.2. The fourth-order valence-corrected chi connectivity index (χ4v) is 5.55. The van der Waals surface area contributed by atoms with E-state index in [0.29, 0.717) is 18.6 Å². The minimum atomic E-state index is -3.77. The average Bonchev–Trinajstić information content (AvgIpc) is 2.79. The van der Waals surface area contributed by atoms with Crippen LogP contribution in [0.2, 0.25) is 0 Å². The van der Waals surface area contributed by atoms with Gasteiger partial charge >= 0.3 is 0 Å². The van der Waals surface area contributed by atoms with Gasteiger partial charge in [0.1, 0.15) is 16.4 Å². The molecule has 0 aliphatic carbocycles. The minimum absolute atomic E-state index is 0.0555. The Labute approximate surface area is 184 Å². The average molecular weight is 447 g/mol. The van der Waals surface area contributed by atoms with Gasteiger partial charge < -0.3 is 14.8 Å². The summed E-state index contributed by atoms with van der Waals surface area (Å²) < 4.78 is 38.3. The second-order valence-corrected chi connectivity index (χ2v) is 9.55. The maximum absolute atomic E-state index is 13.2. The molecule has 1 amide bonds. The first-order valence-corrected chi connectivity index (χ1v) is 11.9. The van der Waals surface area contributed by atoms with Crippen LogP contribution in [-0.2, 0) is 21.2 Å². The Morgan fingerprint density at radius 1 is 1.13 bits per heavy atom. The summed E-state index contributed by atoms with van der Waals surface area (Å²) in [5.74, 6) is 0.425. The van der Waals surface area contributed by atoms with Gasteiger partial charge in [-0.2, -0.15) is 4.31 Å². The predicted octanol–water partition coefficient (Wildman–Crippen LogP) is 3.61. The second-order valence-electron chi connectivity index (χ2n) is 7.65. The Morgan fingerprint density at radius 3 is 2.45 bits per heavy atom. The molecular weight excluding hydrogens is 416 g/mol.